The SMILES string of the molecule is Cc1nc2nonc2c(N)c1Cc1ccc(OC(F)(F)F)c(C([NH3+])=O)c1. The van der Waals surface area contributed by atoms with Crippen molar-refractivity contribution in [3.05, 3.63) is 40.6 Å². The maximum Gasteiger partial charge on any atom is 0.573 e. The third-order valence-electron chi connectivity index (χ3n) is 3.71. The third kappa shape index (κ3) is 3.42. The number of pyridine rings is 1. The summed E-state index contributed by atoms with van der Waals surface area (Å²) < 4.78 is 45.8. The van der Waals surface area contributed by atoms with Crippen LogP contribution in [0.4, 0.5) is 18.9 Å². The number of nitrogens with two attached hydrogens (primary N) is 1. The molecular formula is C15H13F3N5O3+. The highest BCUT2D eigenvalue weighted by molar-refractivity contribution is 5.89. The van der Waals surface area contributed by atoms with E-state index in [9.17, 15) is 18.0 Å². The van der Waals surface area contributed by atoms with E-state index >= 15 is 0 Å². The van der Waals surface area contributed by atoms with Crippen LogP contribution in [-0.4, -0.2) is 27.6 Å². The van der Waals surface area contributed by atoms with Crippen LogP contribution < -0.4 is 16.2 Å². The van der Waals surface area contributed by atoms with Gasteiger partial charge in [-0.2, -0.15) is 0 Å². The molecule has 26 heavy (non-hydrogen) atoms. The summed E-state index contributed by atoms with van der Waals surface area (Å²) in [4.78, 5) is 15.8. The fraction of sp³-hybridized carbons (Fsp3) is 0.200. The van der Waals surface area contributed by atoms with Crippen molar-refractivity contribution in [3.63, 3.8) is 0 Å². The average Bonchev–Trinajstić information content (AvgIpc) is 2.99. The summed E-state index contributed by atoms with van der Waals surface area (Å²) in [6.45, 7) is 1.70. The van der Waals surface area contributed by atoms with Crippen molar-refractivity contribution in [2.75, 3.05) is 5.73 Å². The largest absolute Gasteiger partial charge is 0.573 e. The standard InChI is InChI=1S/C15H12F3N5O3/c1-6-8(11(19)12-14(21-6)23-26-22-12)4-7-2-3-10(25-15(16,17)18)9(5-7)13(20)24/h2-3,5H,4,19H2,1H3,(H2,20,24)/p+1. The van der Waals surface area contributed by atoms with Gasteiger partial charge in [0.05, 0.1) is 5.69 Å². The van der Waals surface area contributed by atoms with Crippen LogP contribution in [0.25, 0.3) is 11.2 Å². The Bertz CT molecular complexity index is 1000. The predicted molar refractivity (Wildman–Crippen MR) is 81.9 cm³/mol. The number of halogens is 3. The van der Waals surface area contributed by atoms with Gasteiger partial charge in [-0.05, 0) is 34.9 Å². The molecule has 5 N–H and O–H groups in total. The number of nitrogens with zero attached hydrogens (tertiary/aromatic N) is 3. The summed E-state index contributed by atoms with van der Waals surface area (Å²) in [6.07, 6.45) is -4.71. The van der Waals surface area contributed by atoms with Gasteiger partial charge in [0.15, 0.2) is 5.52 Å². The number of quaternary nitrogens is 1. The molecule has 2 heterocycles. The fourth-order valence-electron chi connectivity index (χ4n) is 2.54. The summed E-state index contributed by atoms with van der Waals surface area (Å²) in [6, 6.07) is 3.74. The minimum Gasteiger partial charge on any atom is -0.405 e. The van der Waals surface area contributed by atoms with E-state index in [1.807, 2.05) is 0 Å². The summed E-state index contributed by atoms with van der Waals surface area (Å²) in [5, 5.41) is 7.30. The Morgan fingerprint density at radius 1 is 1.35 bits per heavy atom. The van der Waals surface area contributed by atoms with Crippen LogP contribution in [0.5, 0.6) is 5.75 Å². The molecule has 0 radical (unpaired) electrons. The lowest BCUT2D eigenvalue weighted by Crippen LogP contribution is -2.56. The topological polar surface area (TPSA) is 132 Å². The molecule has 0 aliphatic rings. The van der Waals surface area contributed by atoms with Crippen molar-refractivity contribution in [1.82, 2.24) is 15.3 Å². The Morgan fingerprint density at radius 2 is 2.08 bits per heavy atom. The molecule has 1 aromatic carbocycles. The number of nitrogen functional groups attached to an aromatic ring is 1. The van der Waals surface area contributed by atoms with Crippen LogP contribution in [0.15, 0.2) is 22.8 Å². The third-order valence-corrected chi connectivity index (χ3v) is 3.71. The van der Waals surface area contributed by atoms with Crippen LogP contribution in [0.3, 0.4) is 0 Å². The monoisotopic (exact) mass is 368 g/mol. The highest BCUT2D eigenvalue weighted by Crippen LogP contribution is 2.30. The lowest BCUT2D eigenvalue weighted by molar-refractivity contribution is -0.276. The highest BCUT2D eigenvalue weighted by atomic mass is 19.4. The second kappa shape index (κ2) is 6.26. The number of benzene rings is 1. The van der Waals surface area contributed by atoms with Crippen LogP contribution in [-0.2, 0) is 6.42 Å². The second-order valence-electron chi connectivity index (χ2n) is 5.50. The van der Waals surface area contributed by atoms with E-state index in [1.165, 1.54) is 12.1 Å². The molecule has 0 aliphatic carbocycles. The number of carbonyl (C=O) groups is 1. The maximum absolute atomic E-state index is 12.5. The van der Waals surface area contributed by atoms with E-state index < -0.39 is 18.0 Å². The number of carbonyl (C=O) groups excluding carboxylic acids is 1. The second-order valence-corrected chi connectivity index (χ2v) is 5.50. The van der Waals surface area contributed by atoms with Crippen molar-refractivity contribution in [2.24, 2.45) is 0 Å². The maximum atomic E-state index is 12.5. The average molecular weight is 368 g/mol. The van der Waals surface area contributed by atoms with E-state index in [0.29, 0.717) is 22.5 Å². The summed E-state index contributed by atoms with van der Waals surface area (Å²) in [5.41, 5.74) is 11.5. The van der Waals surface area contributed by atoms with Gasteiger partial charge in [0.25, 0.3) is 0 Å². The molecule has 1 amide bonds. The number of aryl methyl sites for hydroxylation is 1. The molecule has 0 aliphatic heterocycles. The van der Waals surface area contributed by atoms with Gasteiger partial charge < -0.3 is 10.5 Å². The first-order chi connectivity index (χ1) is 12.2. The zero-order chi connectivity index (χ0) is 19.1. The van der Waals surface area contributed by atoms with Crippen LogP contribution in [0, 0.1) is 6.92 Å². The summed E-state index contributed by atoms with van der Waals surface area (Å²) in [7, 11) is 0. The number of hydrogen-bond acceptors (Lipinski definition) is 7. The molecule has 0 saturated heterocycles. The molecule has 11 heteroatoms. The van der Waals surface area contributed by atoms with Gasteiger partial charge in [-0.25, -0.2) is 14.4 Å². The van der Waals surface area contributed by atoms with Gasteiger partial charge in [-0.3, -0.25) is 5.73 Å². The van der Waals surface area contributed by atoms with E-state index in [1.54, 1.807) is 6.92 Å². The lowest BCUT2D eigenvalue weighted by atomic mass is 9.99. The molecule has 136 valence electrons. The van der Waals surface area contributed by atoms with Crippen molar-refractivity contribution in [2.45, 2.75) is 19.7 Å². The van der Waals surface area contributed by atoms with E-state index in [4.69, 9.17) is 5.73 Å². The van der Waals surface area contributed by atoms with Crippen LogP contribution in [0.2, 0.25) is 0 Å². The Kier molecular flexibility index (Phi) is 4.24. The molecule has 0 saturated carbocycles. The molecule has 3 rings (SSSR count). The number of anilines is 1. The normalized spacial score (nSPS) is 11.7. The first kappa shape index (κ1) is 17.6. The van der Waals surface area contributed by atoms with Gasteiger partial charge in [0.2, 0.25) is 5.65 Å². The quantitative estimate of drug-likeness (QED) is 0.711. The zero-order valence-corrected chi connectivity index (χ0v) is 13.4. The number of rotatable bonds is 4. The predicted octanol–water partition coefficient (Wildman–Crippen LogP) is 1.38. The summed E-state index contributed by atoms with van der Waals surface area (Å²) >= 11 is 0. The van der Waals surface area contributed by atoms with Gasteiger partial charge in [-0.15, -0.1) is 13.2 Å². The minimum atomic E-state index is -4.92. The smallest absolute Gasteiger partial charge is 0.405 e. The van der Waals surface area contributed by atoms with Crippen molar-refractivity contribution >= 4 is 22.8 Å². The van der Waals surface area contributed by atoms with Crippen LogP contribution in [0.1, 0.15) is 27.2 Å². The first-order valence-electron chi connectivity index (χ1n) is 7.28. The molecule has 0 bridgehead atoms. The Balaban J connectivity index is 2.01. The molecule has 0 unspecified atom stereocenters. The Labute approximate surface area is 143 Å². The zero-order valence-electron chi connectivity index (χ0n) is 13.4. The van der Waals surface area contributed by atoms with Gasteiger partial charge in [0.1, 0.15) is 11.3 Å². The Hall–Kier alpha value is -3.21. The van der Waals surface area contributed by atoms with Crippen molar-refractivity contribution < 1.29 is 33.1 Å². The van der Waals surface area contributed by atoms with E-state index in [-0.39, 0.29) is 23.1 Å². The first-order valence-corrected chi connectivity index (χ1v) is 7.28. The number of ether oxygens (including phenoxy) is 1. The number of alkyl halides is 3. The number of aromatic nitrogens is 3. The minimum absolute atomic E-state index is 0.208. The lowest BCUT2D eigenvalue weighted by Gasteiger charge is -2.13. The number of amides is 1. The highest BCUT2D eigenvalue weighted by Gasteiger charge is 2.33. The van der Waals surface area contributed by atoms with E-state index in [2.05, 4.69) is 30.4 Å². The van der Waals surface area contributed by atoms with Crippen molar-refractivity contribution in [3.8, 4) is 5.75 Å². The van der Waals surface area contributed by atoms with Gasteiger partial charge >= 0.3 is 12.3 Å². The van der Waals surface area contributed by atoms with Crippen molar-refractivity contribution in [1.29, 1.82) is 0 Å². The molecule has 0 fully saturated rings. The number of hydrogen-bond donors (Lipinski definition) is 2. The molecule has 3 aromatic rings. The number of fused-ring (bicyclic) bond motifs is 1. The molecule has 0 atom stereocenters. The molecule has 2 aromatic heterocycles. The van der Waals surface area contributed by atoms with Crippen LogP contribution >= 0.6 is 0 Å². The Morgan fingerprint density at radius 3 is 2.73 bits per heavy atom. The summed E-state index contributed by atoms with van der Waals surface area (Å²) in [5.74, 6) is -1.41. The van der Waals surface area contributed by atoms with E-state index in [0.717, 1.165) is 6.07 Å². The fourth-order valence-corrected chi connectivity index (χ4v) is 2.54. The molecular weight excluding hydrogens is 355 g/mol. The van der Waals surface area contributed by atoms with Gasteiger partial charge in [-0.1, -0.05) is 6.07 Å². The molecule has 8 nitrogen and oxygen atoms in total. The molecule has 0 spiro atoms. The van der Waals surface area contributed by atoms with Gasteiger partial charge in [0, 0.05) is 17.7 Å².